The molecule has 5 rings (SSSR count). The monoisotopic (exact) mass is 516 g/mol. The lowest BCUT2D eigenvalue weighted by atomic mass is 9.64. The largest absolute Gasteiger partial charge is 0.435 e. The van der Waals surface area contributed by atoms with Gasteiger partial charge in [0, 0.05) is 6.42 Å². The quantitative estimate of drug-likeness (QED) is 0.110. The molecule has 2 spiro atoms. The van der Waals surface area contributed by atoms with Crippen molar-refractivity contribution in [2.75, 3.05) is 6.61 Å². The Labute approximate surface area is 227 Å². The minimum absolute atomic E-state index is 0.0635. The molecule has 0 amide bonds. The zero-order valence-electron chi connectivity index (χ0n) is 24.6. The molecule has 0 bridgehead atoms. The van der Waals surface area contributed by atoms with Gasteiger partial charge in [-0.3, -0.25) is 4.79 Å². The summed E-state index contributed by atoms with van der Waals surface area (Å²) in [5.41, 5.74) is 0.350. The molecule has 2 heterocycles. The van der Waals surface area contributed by atoms with E-state index in [-0.39, 0.29) is 22.4 Å². The smallest absolute Gasteiger partial charge is 0.308 e. The van der Waals surface area contributed by atoms with E-state index in [0.29, 0.717) is 36.4 Å². The first kappa shape index (κ1) is 27.9. The Morgan fingerprint density at radius 2 is 1.38 bits per heavy atom. The van der Waals surface area contributed by atoms with Gasteiger partial charge in [-0.2, -0.15) is 0 Å². The van der Waals surface area contributed by atoms with Gasteiger partial charge in [0.1, 0.15) is 5.60 Å². The molecule has 4 heteroatoms. The Morgan fingerprint density at radius 1 is 0.811 bits per heavy atom. The fourth-order valence-electron chi connectivity index (χ4n) is 9.33. The molecule has 3 aliphatic carbocycles. The van der Waals surface area contributed by atoms with Crippen molar-refractivity contribution in [3.8, 4) is 0 Å². The fourth-order valence-corrected chi connectivity index (χ4v) is 9.33. The van der Waals surface area contributed by atoms with Crippen molar-refractivity contribution >= 4 is 5.97 Å². The van der Waals surface area contributed by atoms with Crippen molar-refractivity contribution in [3.63, 3.8) is 0 Å². The maximum atomic E-state index is 12.8. The number of hydrogen-bond donors (Lipinski definition) is 0. The predicted molar refractivity (Wildman–Crippen MR) is 148 cm³/mol. The predicted octanol–water partition coefficient (Wildman–Crippen LogP) is 8.75. The topological polar surface area (TPSA) is 48.1 Å². The van der Waals surface area contributed by atoms with Gasteiger partial charge in [-0.1, -0.05) is 118 Å². The van der Waals surface area contributed by atoms with Crippen molar-refractivity contribution in [3.05, 3.63) is 0 Å². The molecular formula is C33H56O4. The van der Waals surface area contributed by atoms with E-state index in [9.17, 15) is 4.79 Å². The van der Waals surface area contributed by atoms with Crippen LogP contribution in [0.3, 0.4) is 0 Å². The molecule has 2 aliphatic heterocycles. The van der Waals surface area contributed by atoms with Crippen LogP contribution in [0.2, 0.25) is 0 Å². The van der Waals surface area contributed by atoms with Crippen molar-refractivity contribution < 1.29 is 19.0 Å². The van der Waals surface area contributed by atoms with Crippen molar-refractivity contribution in [2.24, 2.45) is 28.1 Å². The summed E-state index contributed by atoms with van der Waals surface area (Å²) in [6, 6.07) is 0. The Kier molecular flexibility index (Phi) is 8.39. The second-order valence-corrected chi connectivity index (χ2v) is 14.7. The highest BCUT2D eigenvalue weighted by atomic mass is 16.7. The number of epoxide rings is 1. The van der Waals surface area contributed by atoms with Crippen LogP contribution >= 0.6 is 0 Å². The van der Waals surface area contributed by atoms with Gasteiger partial charge in [0.05, 0.1) is 18.1 Å². The summed E-state index contributed by atoms with van der Waals surface area (Å²) in [5.74, 6) is 1.28. The highest BCUT2D eigenvalue weighted by Gasteiger charge is 2.95. The first-order valence-electron chi connectivity index (χ1n) is 16.3. The summed E-state index contributed by atoms with van der Waals surface area (Å²) < 4.78 is 18.8. The van der Waals surface area contributed by atoms with Crippen molar-refractivity contribution in [2.45, 2.75) is 168 Å². The van der Waals surface area contributed by atoms with E-state index in [0.717, 1.165) is 19.3 Å². The molecule has 0 aromatic heterocycles. The summed E-state index contributed by atoms with van der Waals surface area (Å²) in [7, 11) is 0. The Balaban J connectivity index is 0.928. The Bertz CT molecular complexity index is 793. The van der Waals surface area contributed by atoms with Crippen LogP contribution in [0.5, 0.6) is 0 Å². The van der Waals surface area contributed by atoms with Gasteiger partial charge in [0.2, 0.25) is 6.29 Å². The number of hydrogen-bond acceptors (Lipinski definition) is 4. The SMILES string of the molecule is CCCCCCCCCCCCCCCCCC(=O)O[C@@H]1OC[C@]23O[C@H]2[C@@H]2CC(C)(C)C[C@@H]2[C@@]2(C)C[C@@]132. The fraction of sp³-hybridized carbons (Fsp3) is 0.970. The number of esters is 1. The maximum Gasteiger partial charge on any atom is 0.308 e. The Morgan fingerprint density at radius 3 is 1.97 bits per heavy atom. The van der Waals surface area contributed by atoms with E-state index in [4.69, 9.17) is 14.2 Å². The third kappa shape index (κ3) is 5.17. The summed E-state index contributed by atoms with van der Waals surface area (Å²) in [6.45, 7) is 10.2. The van der Waals surface area contributed by atoms with Crippen LogP contribution in [0.4, 0.5) is 0 Å². The summed E-state index contributed by atoms with van der Waals surface area (Å²) in [4.78, 5) is 12.8. The third-order valence-electron chi connectivity index (χ3n) is 11.4. The molecule has 0 unspecified atom stereocenters. The summed E-state index contributed by atoms with van der Waals surface area (Å²) in [6.07, 6.45) is 24.2. The number of carbonyl (C=O) groups is 1. The lowest BCUT2D eigenvalue weighted by Gasteiger charge is -2.37. The first-order valence-corrected chi connectivity index (χ1v) is 16.3. The Hall–Kier alpha value is -0.610. The van der Waals surface area contributed by atoms with Crippen LogP contribution in [0.15, 0.2) is 0 Å². The summed E-state index contributed by atoms with van der Waals surface area (Å²) >= 11 is 0. The van der Waals surface area contributed by atoms with E-state index in [2.05, 4.69) is 27.7 Å². The van der Waals surface area contributed by atoms with Crippen LogP contribution in [0, 0.1) is 28.1 Å². The van der Waals surface area contributed by atoms with Gasteiger partial charge in [-0.25, -0.2) is 0 Å². The van der Waals surface area contributed by atoms with Crippen molar-refractivity contribution in [1.82, 2.24) is 0 Å². The zero-order valence-corrected chi connectivity index (χ0v) is 24.6. The lowest BCUT2D eigenvalue weighted by Crippen LogP contribution is -2.46. The van der Waals surface area contributed by atoms with Gasteiger partial charge in [0.15, 0.2) is 0 Å². The lowest BCUT2D eigenvalue weighted by molar-refractivity contribution is -0.182. The van der Waals surface area contributed by atoms with Crippen LogP contribution in [-0.4, -0.2) is 30.6 Å². The molecule has 3 saturated carbocycles. The number of carbonyl (C=O) groups excluding carboxylic acids is 1. The van der Waals surface area contributed by atoms with Crippen LogP contribution < -0.4 is 0 Å². The average molecular weight is 517 g/mol. The normalized spacial score (nSPS) is 40.0. The van der Waals surface area contributed by atoms with E-state index < -0.39 is 6.29 Å². The molecule has 7 atom stereocenters. The molecule has 5 fully saturated rings. The minimum Gasteiger partial charge on any atom is -0.435 e. The molecule has 0 radical (unpaired) electrons. The number of fused-ring (bicyclic) bond motifs is 3. The standard InChI is InChI=1S/C33H56O4/c1-5-6-7-8-9-10-11-12-13-14-15-16-17-18-19-20-27(34)36-29-32-23-31(32,4)26-22-30(2,3)21-25(26)28-33(32,37-28)24-35-29/h25-26,28-29H,5-24H2,1-4H3/t25-,26+,28+,29+,31-,32+,33+/m1/s1. The molecule has 212 valence electrons. The first-order chi connectivity index (χ1) is 17.8. The van der Waals surface area contributed by atoms with Gasteiger partial charge in [-0.15, -0.1) is 0 Å². The van der Waals surface area contributed by atoms with E-state index in [1.165, 1.54) is 96.3 Å². The molecule has 4 nitrogen and oxygen atoms in total. The number of ether oxygens (including phenoxy) is 3. The van der Waals surface area contributed by atoms with Crippen molar-refractivity contribution in [1.29, 1.82) is 0 Å². The second kappa shape index (κ2) is 11.1. The van der Waals surface area contributed by atoms with E-state index in [1.54, 1.807) is 0 Å². The number of unbranched alkanes of at least 4 members (excludes halogenated alkanes) is 14. The second-order valence-electron chi connectivity index (χ2n) is 14.7. The van der Waals surface area contributed by atoms with E-state index >= 15 is 0 Å². The van der Waals surface area contributed by atoms with Crippen LogP contribution in [0.25, 0.3) is 0 Å². The molecule has 5 aliphatic rings. The molecule has 0 aromatic rings. The molecular weight excluding hydrogens is 460 g/mol. The maximum absolute atomic E-state index is 12.8. The third-order valence-corrected chi connectivity index (χ3v) is 11.4. The van der Waals surface area contributed by atoms with Gasteiger partial charge >= 0.3 is 5.97 Å². The zero-order chi connectivity index (χ0) is 26.2. The molecule has 0 aromatic carbocycles. The van der Waals surface area contributed by atoms with Gasteiger partial charge in [0.25, 0.3) is 0 Å². The van der Waals surface area contributed by atoms with Gasteiger partial charge < -0.3 is 14.2 Å². The minimum atomic E-state index is -0.393. The number of rotatable bonds is 17. The van der Waals surface area contributed by atoms with Crippen LogP contribution in [0.1, 0.15) is 150 Å². The average Bonchev–Trinajstić information content (AvgIpc) is 3.67. The molecule has 2 saturated heterocycles. The summed E-state index contributed by atoms with van der Waals surface area (Å²) in [5, 5.41) is 0. The van der Waals surface area contributed by atoms with E-state index in [1.807, 2.05) is 0 Å². The van der Waals surface area contributed by atoms with Crippen LogP contribution in [-0.2, 0) is 19.0 Å². The highest BCUT2D eigenvalue weighted by molar-refractivity contribution is 5.69. The van der Waals surface area contributed by atoms with Gasteiger partial charge in [-0.05, 0) is 48.3 Å². The highest BCUT2D eigenvalue weighted by Crippen LogP contribution is 2.88. The molecule has 37 heavy (non-hydrogen) atoms. The molecule has 0 N–H and O–H groups in total.